The van der Waals surface area contributed by atoms with E-state index in [1.165, 1.54) is 0 Å². The average molecular weight is 351 g/mol. The Balaban J connectivity index is 1.60. The summed E-state index contributed by atoms with van der Waals surface area (Å²) in [5.74, 6) is 0.603. The van der Waals surface area contributed by atoms with Crippen LogP contribution in [0.25, 0.3) is 16.8 Å². The van der Waals surface area contributed by atoms with Crippen molar-refractivity contribution in [2.75, 3.05) is 33.8 Å². The molecule has 0 radical (unpaired) electrons. The minimum Gasteiger partial charge on any atom is -0.366 e. The number of benzene rings is 1. The van der Waals surface area contributed by atoms with Gasteiger partial charge in [-0.25, -0.2) is 14.3 Å². The molecule has 0 aliphatic carbocycles. The molecule has 3 heterocycles. The van der Waals surface area contributed by atoms with Crippen LogP contribution < -0.4 is 0 Å². The van der Waals surface area contributed by atoms with Gasteiger partial charge in [-0.15, -0.1) is 5.10 Å². The summed E-state index contributed by atoms with van der Waals surface area (Å²) < 4.78 is 7.59. The lowest BCUT2D eigenvalue weighted by Crippen LogP contribution is -2.46. The number of carbonyl (C=O) groups excluding carboxylic acids is 1. The van der Waals surface area contributed by atoms with Gasteiger partial charge < -0.3 is 14.5 Å². The first kappa shape index (κ1) is 16.5. The van der Waals surface area contributed by atoms with E-state index in [1.807, 2.05) is 36.5 Å². The molecule has 26 heavy (non-hydrogen) atoms. The largest absolute Gasteiger partial charge is 0.366 e. The lowest BCUT2D eigenvalue weighted by Gasteiger charge is -2.33. The molecular formula is C19H21N5O2. The Morgan fingerprint density at radius 3 is 2.73 bits per heavy atom. The summed E-state index contributed by atoms with van der Waals surface area (Å²) in [5.41, 5.74) is 2.96. The molecule has 0 N–H and O–H groups in total. The Kier molecular flexibility index (Phi) is 4.30. The number of urea groups is 1. The van der Waals surface area contributed by atoms with Gasteiger partial charge in [-0.2, -0.15) is 0 Å². The fourth-order valence-corrected chi connectivity index (χ4v) is 3.10. The maximum Gasteiger partial charge on any atom is 0.319 e. The molecular weight excluding hydrogens is 330 g/mol. The number of aromatic nitrogens is 3. The highest BCUT2D eigenvalue weighted by Crippen LogP contribution is 2.23. The third-order valence-corrected chi connectivity index (χ3v) is 4.46. The molecule has 1 atom stereocenters. The molecule has 1 aliphatic rings. The quantitative estimate of drug-likeness (QED) is 0.711. The van der Waals surface area contributed by atoms with Crippen molar-refractivity contribution in [2.24, 2.45) is 0 Å². The molecule has 0 unspecified atom stereocenters. The predicted molar refractivity (Wildman–Crippen MR) is 97.8 cm³/mol. The van der Waals surface area contributed by atoms with E-state index in [-0.39, 0.29) is 12.1 Å². The SMILES string of the molecule is CN(C)C(=O)N1CCO[C@@H](c2nc3ccc(-c4ccccc4)cn3n2)C1. The van der Waals surface area contributed by atoms with Crippen LogP contribution in [0, 0.1) is 0 Å². The number of carbonyl (C=O) groups is 1. The Morgan fingerprint density at radius 1 is 1.15 bits per heavy atom. The third-order valence-electron chi connectivity index (χ3n) is 4.46. The van der Waals surface area contributed by atoms with Gasteiger partial charge in [-0.1, -0.05) is 30.3 Å². The minimum absolute atomic E-state index is 0.0200. The normalized spacial score (nSPS) is 17.5. The molecule has 7 nitrogen and oxygen atoms in total. The molecule has 7 heteroatoms. The van der Waals surface area contributed by atoms with E-state index in [9.17, 15) is 4.79 Å². The van der Waals surface area contributed by atoms with Gasteiger partial charge in [0, 0.05) is 32.4 Å². The van der Waals surface area contributed by atoms with Gasteiger partial charge in [0.25, 0.3) is 0 Å². The first-order chi connectivity index (χ1) is 12.6. The third kappa shape index (κ3) is 3.13. The van der Waals surface area contributed by atoms with Crippen LogP contribution in [0.3, 0.4) is 0 Å². The van der Waals surface area contributed by atoms with Gasteiger partial charge in [-0.05, 0) is 17.7 Å². The molecule has 134 valence electrons. The van der Waals surface area contributed by atoms with E-state index in [2.05, 4.69) is 22.2 Å². The maximum absolute atomic E-state index is 12.2. The highest BCUT2D eigenvalue weighted by Gasteiger charge is 2.29. The van der Waals surface area contributed by atoms with Gasteiger partial charge in [0.05, 0.1) is 13.2 Å². The van der Waals surface area contributed by atoms with Crippen molar-refractivity contribution >= 4 is 11.7 Å². The van der Waals surface area contributed by atoms with E-state index in [1.54, 1.807) is 28.4 Å². The van der Waals surface area contributed by atoms with Gasteiger partial charge in [-0.3, -0.25) is 0 Å². The van der Waals surface area contributed by atoms with Crippen molar-refractivity contribution in [3.8, 4) is 11.1 Å². The highest BCUT2D eigenvalue weighted by atomic mass is 16.5. The fraction of sp³-hybridized carbons (Fsp3) is 0.316. The molecule has 1 aliphatic heterocycles. The van der Waals surface area contributed by atoms with Crippen LogP contribution in [0.2, 0.25) is 0 Å². The highest BCUT2D eigenvalue weighted by molar-refractivity contribution is 5.74. The van der Waals surface area contributed by atoms with Crippen molar-refractivity contribution < 1.29 is 9.53 Å². The number of ether oxygens (including phenoxy) is 1. The first-order valence-electron chi connectivity index (χ1n) is 8.61. The second-order valence-electron chi connectivity index (χ2n) is 6.54. The molecule has 1 saturated heterocycles. The van der Waals surface area contributed by atoms with Crippen LogP contribution in [0.15, 0.2) is 48.7 Å². The molecule has 1 fully saturated rings. The van der Waals surface area contributed by atoms with Crippen LogP contribution in [0.5, 0.6) is 0 Å². The van der Waals surface area contributed by atoms with Gasteiger partial charge in [0.15, 0.2) is 11.5 Å². The smallest absolute Gasteiger partial charge is 0.319 e. The van der Waals surface area contributed by atoms with Crippen LogP contribution in [-0.4, -0.2) is 64.2 Å². The zero-order valence-electron chi connectivity index (χ0n) is 14.9. The number of nitrogens with zero attached hydrogens (tertiary/aromatic N) is 5. The molecule has 1 aromatic carbocycles. The molecule has 3 aromatic rings. The van der Waals surface area contributed by atoms with Gasteiger partial charge >= 0.3 is 6.03 Å². The molecule has 0 spiro atoms. The predicted octanol–water partition coefficient (Wildman–Crippen LogP) is 2.45. The summed E-state index contributed by atoms with van der Waals surface area (Å²) in [6, 6.07) is 14.1. The standard InChI is InChI=1S/C19H21N5O2/c1-22(2)19(25)23-10-11-26-16(13-23)18-20-17-9-8-15(12-24(17)21-18)14-6-4-3-5-7-14/h3-9,12,16H,10-11,13H2,1-2H3/t16-/m1/s1. The second kappa shape index (κ2) is 6.76. The van der Waals surface area contributed by atoms with Gasteiger partial charge in [0.2, 0.25) is 0 Å². The van der Waals surface area contributed by atoms with Crippen LogP contribution in [-0.2, 0) is 4.74 Å². The zero-order valence-corrected chi connectivity index (χ0v) is 14.9. The summed E-state index contributed by atoms with van der Waals surface area (Å²) in [6.45, 7) is 1.52. The van der Waals surface area contributed by atoms with Gasteiger partial charge in [0.1, 0.15) is 6.10 Å². The number of fused-ring (bicyclic) bond motifs is 1. The van der Waals surface area contributed by atoms with Crippen LogP contribution in [0.4, 0.5) is 4.79 Å². The minimum atomic E-state index is -0.312. The monoisotopic (exact) mass is 351 g/mol. The van der Waals surface area contributed by atoms with Crippen molar-refractivity contribution in [2.45, 2.75) is 6.10 Å². The number of amides is 2. The maximum atomic E-state index is 12.2. The second-order valence-corrected chi connectivity index (χ2v) is 6.54. The summed E-state index contributed by atoms with van der Waals surface area (Å²) >= 11 is 0. The molecule has 2 aromatic heterocycles. The Labute approximate surface area is 151 Å². The first-order valence-corrected chi connectivity index (χ1v) is 8.61. The Bertz CT molecular complexity index is 922. The van der Waals surface area contributed by atoms with Crippen molar-refractivity contribution in [3.63, 3.8) is 0 Å². The number of rotatable bonds is 2. The number of hydrogen-bond acceptors (Lipinski definition) is 4. The van der Waals surface area contributed by atoms with Crippen LogP contribution in [0.1, 0.15) is 11.9 Å². The number of morpholine rings is 1. The van der Waals surface area contributed by atoms with Crippen molar-refractivity contribution in [1.82, 2.24) is 24.4 Å². The summed E-state index contributed by atoms with van der Waals surface area (Å²) in [5, 5.41) is 4.59. The van der Waals surface area contributed by atoms with E-state index in [0.29, 0.717) is 25.5 Å². The van der Waals surface area contributed by atoms with E-state index >= 15 is 0 Å². The van der Waals surface area contributed by atoms with Crippen LogP contribution >= 0.6 is 0 Å². The molecule has 4 rings (SSSR count). The lowest BCUT2D eigenvalue weighted by atomic mass is 10.1. The number of pyridine rings is 1. The van der Waals surface area contributed by atoms with E-state index < -0.39 is 0 Å². The summed E-state index contributed by atoms with van der Waals surface area (Å²) in [4.78, 5) is 20.1. The summed E-state index contributed by atoms with van der Waals surface area (Å²) in [6.07, 6.45) is 1.65. The average Bonchev–Trinajstić information content (AvgIpc) is 3.11. The number of hydrogen-bond donors (Lipinski definition) is 0. The Hall–Kier alpha value is -2.93. The molecule has 0 saturated carbocycles. The fourth-order valence-electron chi connectivity index (χ4n) is 3.10. The van der Waals surface area contributed by atoms with Crippen molar-refractivity contribution in [3.05, 3.63) is 54.5 Å². The molecule has 0 bridgehead atoms. The summed E-state index contributed by atoms with van der Waals surface area (Å²) in [7, 11) is 3.50. The molecule has 2 amide bonds. The topological polar surface area (TPSA) is 63.0 Å². The van der Waals surface area contributed by atoms with E-state index in [4.69, 9.17) is 4.74 Å². The lowest BCUT2D eigenvalue weighted by molar-refractivity contribution is -0.0231. The Morgan fingerprint density at radius 2 is 1.96 bits per heavy atom. The van der Waals surface area contributed by atoms with Crippen molar-refractivity contribution in [1.29, 1.82) is 0 Å². The zero-order chi connectivity index (χ0) is 18.1. The van der Waals surface area contributed by atoms with E-state index in [0.717, 1.165) is 16.8 Å².